The summed E-state index contributed by atoms with van der Waals surface area (Å²) in [5.74, 6) is 0.762. The minimum atomic E-state index is -0.125. The van der Waals surface area contributed by atoms with Gasteiger partial charge < -0.3 is 19.0 Å². The third-order valence-electron chi connectivity index (χ3n) is 3.39. The van der Waals surface area contributed by atoms with Gasteiger partial charge in [0.05, 0.1) is 18.5 Å². The highest BCUT2D eigenvalue weighted by Gasteiger charge is 2.10. The SMILES string of the molecule is CN(Cc1ccco1)C(=O)NCCc1cn2ccccc2n1. The Hall–Kier alpha value is -2.76. The molecule has 3 rings (SSSR count). The van der Waals surface area contributed by atoms with E-state index in [1.54, 1.807) is 18.2 Å². The van der Waals surface area contributed by atoms with Gasteiger partial charge in [0.2, 0.25) is 0 Å². The maximum atomic E-state index is 12.0. The van der Waals surface area contributed by atoms with Gasteiger partial charge in [-0.25, -0.2) is 9.78 Å². The average Bonchev–Trinajstić information content (AvgIpc) is 3.15. The third-order valence-corrected chi connectivity index (χ3v) is 3.39. The van der Waals surface area contributed by atoms with E-state index in [4.69, 9.17) is 4.42 Å². The number of amides is 2. The zero-order valence-corrected chi connectivity index (χ0v) is 12.4. The number of nitrogens with zero attached hydrogens (tertiary/aromatic N) is 3. The Morgan fingerprint density at radius 2 is 2.27 bits per heavy atom. The normalized spacial score (nSPS) is 10.8. The summed E-state index contributed by atoms with van der Waals surface area (Å²) in [6.07, 6.45) is 6.24. The minimum absolute atomic E-state index is 0.125. The molecule has 3 aromatic heterocycles. The first-order valence-corrected chi connectivity index (χ1v) is 7.16. The number of imidazole rings is 1. The molecular formula is C16H18N4O2. The van der Waals surface area contributed by atoms with Crippen LogP contribution in [0.25, 0.3) is 5.65 Å². The molecule has 0 aliphatic rings. The van der Waals surface area contributed by atoms with Crippen molar-refractivity contribution >= 4 is 11.7 Å². The van der Waals surface area contributed by atoms with Crippen LogP contribution in [-0.4, -0.2) is 33.9 Å². The van der Waals surface area contributed by atoms with Gasteiger partial charge in [0, 0.05) is 32.4 Å². The number of nitrogens with one attached hydrogen (secondary N) is 1. The first-order valence-electron chi connectivity index (χ1n) is 7.16. The maximum Gasteiger partial charge on any atom is 0.317 e. The van der Waals surface area contributed by atoms with Crippen LogP contribution in [0.1, 0.15) is 11.5 Å². The molecule has 0 saturated carbocycles. The second kappa shape index (κ2) is 6.34. The number of carbonyl (C=O) groups is 1. The van der Waals surface area contributed by atoms with Crippen LogP contribution in [0.15, 0.2) is 53.4 Å². The Morgan fingerprint density at radius 3 is 3.05 bits per heavy atom. The first-order chi connectivity index (χ1) is 10.7. The quantitative estimate of drug-likeness (QED) is 0.786. The van der Waals surface area contributed by atoms with Crippen molar-refractivity contribution in [1.29, 1.82) is 0 Å². The molecule has 0 bridgehead atoms. The number of carbonyl (C=O) groups excluding carboxylic acids is 1. The molecule has 6 heteroatoms. The Bertz CT molecular complexity index is 715. The molecule has 22 heavy (non-hydrogen) atoms. The summed E-state index contributed by atoms with van der Waals surface area (Å²) in [6, 6.07) is 9.41. The first kappa shape index (κ1) is 14.2. The van der Waals surface area contributed by atoms with Gasteiger partial charge in [-0.05, 0) is 24.3 Å². The third kappa shape index (κ3) is 3.28. The summed E-state index contributed by atoms with van der Waals surface area (Å²) in [4.78, 5) is 18.1. The Morgan fingerprint density at radius 1 is 1.36 bits per heavy atom. The van der Waals surface area contributed by atoms with Crippen molar-refractivity contribution in [2.75, 3.05) is 13.6 Å². The average molecular weight is 298 g/mol. The molecule has 0 atom stereocenters. The van der Waals surface area contributed by atoms with Crippen molar-refractivity contribution in [2.24, 2.45) is 0 Å². The van der Waals surface area contributed by atoms with E-state index in [1.807, 2.05) is 47.1 Å². The lowest BCUT2D eigenvalue weighted by atomic mass is 10.3. The van der Waals surface area contributed by atoms with Crippen molar-refractivity contribution in [2.45, 2.75) is 13.0 Å². The molecule has 114 valence electrons. The number of furan rings is 1. The lowest BCUT2D eigenvalue weighted by Crippen LogP contribution is -2.37. The van der Waals surface area contributed by atoms with Crippen molar-refractivity contribution in [3.8, 4) is 0 Å². The van der Waals surface area contributed by atoms with E-state index >= 15 is 0 Å². The molecule has 0 unspecified atom stereocenters. The largest absolute Gasteiger partial charge is 0.467 e. The zero-order valence-electron chi connectivity index (χ0n) is 12.4. The molecule has 3 aromatic rings. The predicted molar refractivity (Wildman–Crippen MR) is 82.5 cm³/mol. The van der Waals surface area contributed by atoms with Gasteiger partial charge in [-0.3, -0.25) is 0 Å². The number of aromatic nitrogens is 2. The summed E-state index contributed by atoms with van der Waals surface area (Å²) in [6.45, 7) is 0.998. The van der Waals surface area contributed by atoms with Crippen LogP contribution in [-0.2, 0) is 13.0 Å². The lowest BCUT2D eigenvalue weighted by Gasteiger charge is -2.16. The van der Waals surface area contributed by atoms with Gasteiger partial charge in [-0.2, -0.15) is 0 Å². The van der Waals surface area contributed by atoms with Crippen molar-refractivity contribution in [1.82, 2.24) is 19.6 Å². The van der Waals surface area contributed by atoms with Crippen LogP contribution >= 0.6 is 0 Å². The van der Waals surface area contributed by atoms with E-state index in [1.165, 1.54) is 0 Å². The number of urea groups is 1. The molecule has 0 aromatic carbocycles. The van der Waals surface area contributed by atoms with E-state index in [0.717, 1.165) is 17.1 Å². The topological polar surface area (TPSA) is 62.8 Å². The van der Waals surface area contributed by atoms with Gasteiger partial charge in [-0.15, -0.1) is 0 Å². The van der Waals surface area contributed by atoms with Crippen LogP contribution < -0.4 is 5.32 Å². The number of pyridine rings is 1. The summed E-state index contributed by atoms with van der Waals surface area (Å²) in [7, 11) is 1.74. The van der Waals surface area contributed by atoms with E-state index in [0.29, 0.717) is 19.5 Å². The summed E-state index contributed by atoms with van der Waals surface area (Å²) in [5.41, 5.74) is 1.87. The fourth-order valence-electron chi connectivity index (χ4n) is 2.25. The fraction of sp³-hybridized carbons (Fsp3) is 0.250. The van der Waals surface area contributed by atoms with Gasteiger partial charge in [0.15, 0.2) is 0 Å². The molecule has 2 amide bonds. The van der Waals surface area contributed by atoms with Crippen LogP contribution in [0.3, 0.4) is 0 Å². The molecule has 3 heterocycles. The maximum absolute atomic E-state index is 12.0. The van der Waals surface area contributed by atoms with E-state index in [-0.39, 0.29) is 6.03 Å². The van der Waals surface area contributed by atoms with Gasteiger partial charge in [0.1, 0.15) is 11.4 Å². The summed E-state index contributed by atoms with van der Waals surface area (Å²) < 4.78 is 7.20. The van der Waals surface area contributed by atoms with Crippen molar-refractivity contribution in [3.63, 3.8) is 0 Å². The standard InChI is InChI=1S/C16H18N4O2/c1-19(12-14-5-4-10-22-14)16(21)17-8-7-13-11-20-9-3-2-6-15(20)18-13/h2-6,9-11H,7-8,12H2,1H3,(H,17,21). The van der Waals surface area contributed by atoms with Gasteiger partial charge in [0.25, 0.3) is 0 Å². The zero-order chi connectivity index (χ0) is 15.4. The minimum Gasteiger partial charge on any atom is -0.467 e. The second-order valence-corrected chi connectivity index (χ2v) is 5.12. The number of fused-ring (bicyclic) bond motifs is 1. The highest BCUT2D eigenvalue weighted by molar-refractivity contribution is 5.73. The van der Waals surface area contributed by atoms with Crippen molar-refractivity contribution < 1.29 is 9.21 Å². The second-order valence-electron chi connectivity index (χ2n) is 5.12. The Labute approximate surface area is 128 Å². The molecule has 0 saturated heterocycles. The van der Waals surface area contributed by atoms with E-state index in [9.17, 15) is 4.79 Å². The highest BCUT2D eigenvalue weighted by Crippen LogP contribution is 2.05. The summed E-state index contributed by atoms with van der Waals surface area (Å²) >= 11 is 0. The molecule has 0 spiro atoms. The van der Waals surface area contributed by atoms with Crippen LogP contribution in [0.4, 0.5) is 4.79 Å². The van der Waals surface area contributed by atoms with Crippen LogP contribution in [0.2, 0.25) is 0 Å². The summed E-state index contributed by atoms with van der Waals surface area (Å²) in [5, 5.41) is 2.88. The van der Waals surface area contributed by atoms with Crippen LogP contribution in [0, 0.1) is 0 Å². The monoisotopic (exact) mass is 298 g/mol. The van der Waals surface area contributed by atoms with Crippen molar-refractivity contribution in [3.05, 3.63) is 60.4 Å². The predicted octanol–water partition coefficient (Wildman–Crippen LogP) is 2.31. The smallest absolute Gasteiger partial charge is 0.317 e. The van der Waals surface area contributed by atoms with E-state index in [2.05, 4.69) is 10.3 Å². The molecular weight excluding hydrogens is 280 g/mol. The molecule has 0 aliphatic carbocycles. The lowest BCUT2D eigenvalue weighted by molar-refractivity contribution is 0.203. The molecule has 0 fully saturated rings. The number of hydrogen-bond acceptors (Lipinski definition) is 3. The van der Waals surface area contributed by atoms with Gasteiger partial charge >= 0.3 is 6.03 Å². The Balaban J connectivity index is 1.48. The number of rotatable bonds is 5. The molecule has 6 nitrogen and oxygen atoms in total. The highest BCUT2D eigenvalue weighted by atomic mass is 16.3. The Kier molecular flexibility index (Phi) is 4.09. The molecule has 0 aliphatic heterocycles. The molecule has 1 N–H and O–H groups in total. The van der Waals surface area contributed by atoms with Crippen LogP contribution in [0.5, 0.6) is 0 Å². The number of hydrogen-bond donors (Lipinski definition) is 1. The molecule has 0 radical (unpaired) electrons. The fourth-order valence-corrected chi connectivity index (χ4v) is 2.25. The van der Waals surface area contributed by atoms with Gasteiger partial charge in [-0.1, -0.05) is 6.07 Å². The van der Waals surface area contributed by atoms with E-state index < -0.39 is 0 Å².